The molecule has 2 aromatic carbocycles. The van der Waals surface area contributed by atoms with E-state index >= 15 is 0 Å². The molecular formula is C18H22FN5O. The SMILES string of the molecule is CCc1ccc(NC2NNNC2C(=O)NCc2ccc(F)cc2)cc1. The van der Waals surface area contributed by atoms with E-state index in [2.05, 4.69) is 46.1 Å². The lowest BCUT2D eigenvalue weighted by molar-refractivity contribution is -0.123. The fourth-order valence-corrected chi connectivity index (χ4v) is 2.62. The summed E-state index contributed by atoms with van der Waals surface area (Å²) >= 11 is 0. The maximum atomic E-state index is 12.9. The van der Waals surface area contributed by atoms with E-state index < -0.39 is 6.04 Å². The van der Waals surface area contributed by atoms with Crippen molar-refractivity contribution in [2.24, 2.45) is 0 Å². The van der Waals surface area contributed by atoms with Gasteiger partial charge in [0.25, 0.3) is 0 Å². The number of rotatable bonds is 6. The number of aryl methyl sites for hydroxylation is 1. The van der Waals surface area contributed by atoms with E-state index in [9.17, 15) is 9.18 Å². The minimum absolute atomic E-state index is 0.162. The second kappa shape index (κ2) is 8.06. The van der Waals surface area contributed by atoms with Crippen molar-refractivity contribution in [2.45, 2.75) is 32.1 Å². The molecule has 1 amide bonds. The van der Waals surface area contributed by atoms with Gasteiger partial charge in [0.2, 0.25) is 5.91 Å². The molecule has 6 nitrogen and oxygen atoms in total. The van der Waals surface area contributed by atoms with Crippen molar-refractivity contribution in [1.82, 2.24) is 21.7 Å². The quantitative estimate of drug-likeness (QED) is 0.548. The molecule has 1 heterocycles. The monoisotopic (exact) mass is 343 g/mol. The van der Waals surface area contributed by atoms with Crippen LogP contribution < -0.4 is 27.0 Å². The van der Waals surface area contributed by atoms with Crippen molar-refractivity contribution in [2.75, 3.05) is 5.32 Å². The first kappa shape index (κ1) is 17.3. The summed E-state index contributed by atoms with van der Waals surface area (Å²) in [6.45, 7) is 2.45. The van der Waals surface area contributed by atoms with E-state index in [0.717, 1.165) is 17.7 Å². The predicted molar refractivity (Wildman–Crippen MR) is 94.7 cm³/mol. The number of amides is 1. The van der Waals surface area contributed by atoms with Crippen molar-refractivity contribution >= 4 is 11.6 Å². The molecule has 1 fully saturated rings. The Morgan fingerprint density at radius 1 is 1.04 bits per heavy atom. The predicted octanol–water partition coefficient (Wildman–Crippen LogP) is 1.42. The molecule has 0 saturated carbocycles. The van der Waals surface area contributed by atoms with Gasteiger partial charge in [-0.25, -0.2) is 15.2 Å². The first-order valence-corrected chi connectivity index (χ1v) is 8.29. The summed E-state index contributed by atoms with van der Waals surface area (Å²) in [5.74, 6) is -0.455. The second-order valence-electron chi connectivity index (χ2n) is 5.91. The van der Waals surface area contributed by atoms with Crippen LogP contribution in [0.4, 0.5) is 10.1 Å². The number of carbonyl (C=O) groups is 1. The Balaban J connectivity index is 1.56. The Kier molecular flexibility index (Phi) is 5.60. The number of halogens is 1. The average Bonchev–Trinajstić information content (AvgIpc) is 3.10. The van der Waals surface area contributed by atoms with Crippen LogP contribution in [-0.4, -0.2) is 18.1 Å². The van der Waals surface area contributed by atoms with Crippen LogP contribution in [0.3, 0.4) is 0 Å². The van der Waals surface area contributed by atoms with Gasteiger partial charge in [0.05, 0.1) is 0 Å². The van der Waals surface area contributed by atoms with Gasteiger partial charge in [-0.05, 0) is 41.8 Å². The van der Waals surface area contributed by atoms with Crippen LogP contribution in [0.15, 0.2) is 48.5 Å². The van der Waals surface area contributed by atoms with Gasteiger partial charge in [-0.1, -0.05) is 31.2 Å². The third-order valence-corrected chi connectivity index (χ3v) is 4.14. The highest BCUT2D eigenvalue weighted by atomic mass is 19.1. The number of benzene rings is 2. The summed E-state index contributed by atoms with van der Waals surface area (Å²) in [4.78, 5) is 12.4. The summed E-state index contributed by atoms with van der Waals surface area (Å²) in [6, 6.07) is 13.7. The van der Waals surface area contributed by atoms with Crippen LogP contribution in [0.5, 0.6) is 0 Å². The molecule has 0 bridgehead atoms. The minimum atomic E-state index is -0.494. The lowest BCUT2D eigenvalue weighted by Gasteiger charge is -2.20. The molecule has 0 radical (unpaired) electrons. The number of hydrogen-bond donors (Lipinski definition) is 5. The number of hydrazine groups is 2. The summed E-state index contributed by atoms with van der Waals surface area (Å²) in [5, 5.41) is 6.13. The van der Waals surface area contributed by atoms with Gasteiger partial charge >= 0.3 is 0 Å². The van der Waals surface area contributed by atoms with Crippen molar-refractivity contribution in [3.63, 3.8) is 0 Å². The van der Waals surface area contributed by atoms with Gasteiger partial charge in [0, 0.05) is 12.2 Å². The Bertz CT molecular complexity index is 704. The van der Waals surface area contributed by atoms with E-state index in [1.807, 2.05) is 12.1 Å². The third kappa shape index (κ3) is 4.54. The molecule has 2 atom stereocenters. The largest absolute Gasteiger partial charge is 0.367 e. The number of hydrogen-bond acceptors (Lipinski definition) is 5. The van der Waals surface area contributed by atoms with Gasteiger partial charge in [0.1, 0.15) is 18.0 Å². The normalized spacial score (nSPS) is 19.6. The topological polar surface area (TPSA) is 77.2 Å². The Morgan fingerprint density at radius 3 is 2.40 bits per heavy atom. The highest BCUT2D eigenvalue weighted by Gasteiger charge is 2.32. The molecule has 0 aromatic heterocycles. The lowest BCUT2D eigenvalue weighted by atomic mass is 10.1. The first-order valence-electron chi connectivity index (χ1n) is 8.29. The smallest absolute Gasteiger partial charge is 0.242 e. The Labute approximate surface area is 146 Å². The summed E-state index contributed by atoms with van der Waals surface area (Å²) < 4.78 is 12.9. The van der Waals surface area contributed by atoms with Crippen LogP contribution in [0.25, 0.3) is 0 Å². The van der Waals surface area contributed by atoms with Crippen molar-refractivity contribution in [3.05, 3.63) is 65.5 Å². The number of carbonyl (C=O) groups excluding carboxylic acids is 1. The summed E-state index contributed by atoms with van der Waals surface area (Å²) in [7, 11) is 0. The highest BCUT2D eigenvalue weighted by molar-refractivity contribution is 5.83. The Morgan fingerprint density at radius 2 is 1.72 bits per heavy atom. The third-order valence-electron chi connectivity index (χ3n) is 4.14. The molecule has 132 valence electrons. The molecule has 25 heavy (non-hydrogen) atoms. The zero-order valence-electron chi connectivity index (χ0n) is 14.0. The van der Waals surface area contributed by atoms with E-state index in [1.54, 1.807) is 12.1 Å². The molecule has 3 rings (SSSR count). The number of nitrogens with one attached hydrogen (secondary N) is 5. The first-order chi connectivity index (χ1) is 12.2. The number of anilines is 1. The van der Waals surface area contributed by atoms with Crippen molar-refractivity contribution < 1.29 is 9.18 Å². The van der Waals surface area contributed by atoms with Gasteiger partial charge in [0.15, 0.2) is 0 Å². The summed E-state index contributed by atoms with van der Waals surface area (Å²) in [6.07, 6.45) is 0.681. The van der Waals surface area contributed by atoms with Crippen LogP contribution in [0, 0.1) is 5.82 Å². The second-order valence-corrected chi connectivity index (χ2v) is 5.91. The molecular weight excluding hydrogens is 321 g/mol. The van der Waals surface area contributed by atoms with E-state index in [4.69, 9.17) is 0 Å². The van der Waals surface area contributed by atoms with Crippen molar-refractivity contribution in [3.8, 4) is 0 Å². The molecule has 1 saturated heterocycles. The average molecular weight is 343 g/mol. The minimum Gasteiger partial charge on any atom is -0.367 e. The van der Waals surface area contributed by atoms with Crippen LogP contribution in [-0.2, 0) is 17.8 Å². The molecule has 0 spiro atoms. The highest BCUT2D eigenvalue weighted by Crippen LogP contribution is 2.12. The molecule has 5 N–H and O–H groups in total. The van der Waals surface area contributed by atoms with Gasteiger partial charge in [-0.3, -0.25) is 4.79 Å². The van der Waals surface area contributed by atoms with Gasteiger partial charge in [-0.15, -0.1) is 0 Å². The van der Waals surface area contributed by atoms with Crippen molar-refractivity contribution in [1.29, 1.82) is 0 Å². The molecule has 2 aromatic rings. The Hall–Kier alpha value is -2.48. The lowest BCUT2D eigenvalue weighted by Crippen LogP contribution is -2.50. The van der Waals surface area contributed by atoms with Crippen LogP contribution >= 0.6 is 0 Å². The van der Waals surface area contributed by atoms with Gasteiger partial charge in [-0.2, -0.15) is 5.53 Å². The van der Waals surface area contributed by atoms with Crippen LogP contribution in [0.1, 0.15) is 18.1 Å². The van der Waals surface area contributed by atoms with E-state index in [1.165, 1.54) is 17.7 Å². The summed E-state index contributed by atoms with van der Waals surface area (Å²) in [5.41, 5.74) is 11.7. The van der Waals surface area contributed by atoms with Gasteiger partial charge < -0.3 is 10.6 Å². The fourth-order valence-electron chi connectivity index (χ4n) is 2.62. The maximum Gasteiger partial charge on any atom is 0.242 e. The molecule has 7 heteroatoms. The zero-order chi connectivity index (χ0) is 17.6. The van der Waals surface area contributed by atoms with E-state index in [0.29, 0.717) is 6.54 Å². The maximum absolute atomic E-state index is 12.9. The molecule has 2 unspecified atom stereocenters. The molecule has 0 aliphatic carbocycles. The molecule has 1 aliphatic rings. The standard InChI is InChI=1S/C18H22FN5O/c1-2-12-5-9-15(10-6-12)21-17-16(22-24-23-17)18(25)20-11-13-3-7-14(19)8-4-13/h3-10,16-17,21-24H,2,11H2,1H3,(H,20,25). The van der Waals surface area contributed by atoms with E-state index in [-0.39, 0.29) is 17.9 Å². The zero-order valence-corrected chi connectivity index (χ0v) is 14.0. The molecule has 1 aliphatic heterocycles. The van der Waals surface area contributed by atoms with Crippen LogP contribution in [0.2, 0.25) is 0 Å². The fraction of sp³-hybridized carbons (Fsp3) is 0.278.